The highest BCUT2D eigenvalue weighted by Gasteiger charge is 2.22. The molecule has 1 N–H and O–H groups in total. The minimum absolute atomic E-state index is 0.473. The van der Waals surface area contributed by atoms with Gasteiger partial charge in [0.25, 0.3) is 0 Å². The first-order valence-electron chi connectivity index (χ1n) is 7.39. The van der Waals surface area contributed by atoms with Crippen molar-refractivity contribution >= 4 is 11.8 Å². The van der Waals surface area contributed by atoms with E-state index >= 15 is 0 Å². The SMILES string of the molecule is CCC(NCC1Cc2ccccc2S1)c1ccccc1. The number of nitrogens with one attached hydrogen (secondary N) is 1. The first-order chi connectivity index (χ1) is 9.86. The van der Waals surface area contributed by atoms with Crippen molar-refractivity contribution in [2.45, 2.75) is 36.0 Å². The highest BCUT2D eigenvalue weighted by molar-refractivity contribution is 8.00. The molecule has 0 saturated heterocycles. The van der Waals surface area contributed by atoms with Crippen LogP contribution in [0.2, 0.25) is 0 Å². The van der Waals surface area contributed by atoms with Crippen molar-refractivity contribution in [1.29, 1.82) is 0 Å². The van der Waals surface area contributed by atoms with Gasteiger partial charge in [-0.1, -0.05) is 55.5 Å². The van der Waals surface area contributed by atoms with Crippen LogP contribution in [-0.4, -0.2) is 11.8 Å². The lowest BCUT2D eigenvalue weighted by atomic mass is 10.0. The van der Waals surface area contributed by atoms with E-state index in [2.05, 4.69) is 66.8 Å². The number of rotatable bonds is 5. The van der Waals surface area contributed by atoms with Crippen LogP contribution in [0.3, 0.4) is 0 Å². The molecule has 1 nitrogen and oxygen atoms in total. The summed E-state index contributed by atoms with van der Waals surface area (Å²) in [6, 6.07) is 20.0. The smallest absolute Gasteiger partial charge is 0.0318 e. The molecule has 20 heavy (non-hydrogen) atoms. The van der Waals surface area contributed by atoms with Gasteiger partial charge in [0.2, 0.25) is 0 Å². The van der Waals surface area contributed by atoms with Crippen LogP contribution in [0.1, 0.15) is 30.5 Å². The number of fused-ring (bicyclic) bond motifs is 1. The van der Waals surface area contributed by atoms with Crippen molar-refractivity contribution in [3.8, 4) is 0 Å². The largest absolute Gasteiger partial charge is 0.309 e. The molecule has 2 unspecified atom stereocenters. The molecule has 0 radical (unpaired) electrons. The Kier molecular flexibility index (Phi) is 4.44. The fourth-order valence-electron chi connectivity index (χ4n) is 2.82. The van der Waals surface area contributed by atoms with E-state index in [1.165, 1.54) is 22.4 Å². The van der Waals surface area contributed by atoms with Crippen molar-refractivity contribution in [3.63, 3.8) is 0 Å². The molecule has 104 valence electrons. The Hall–Kier alpha value is -1.25. The standard InChI is InChI=1S/C18H21NS/c1-2-17(14-8-4-3-5-9-14)19-13-16-12-15-10-6-7-11-18(15)20-16/h3-11,16-17,19H,2,12-13H2,1H3. The van der Waals surface area contributed by atoms with Crippen molar-refractivity contribution in [1.82, 2.24) is 5.32 Å². The van der Waals surface area contributed by atoms with Crippen LogP contribution in [0.4, 0.5) is 0 Å². The summed E-state index contributed by atoms with van der Waals surface area (Å²) in [5.74, 6) is 0. The molecule has 1 heterocycles. The van der Waals surface area contributed by atoms with Gasteiger partial charge in [0, 0.05) is 22.7 Å². The van der Waals surface area contributed by atoms with Gasteiger partial charge in [-0.3, -0.25) is 0 Å². The van der Waals surface area contributed by atoms with Crippen molar-refractivity contribution in [3.05, 3.63) is 65.7 Å². The van der Waals surface area contributed by atoms with E-state index in [0.717, 1.165) is 13.0 Å². The second kappa shape index (κ2) is 6.47. The van der Waals surface area contributed by atoms with Gasteiger partial charge in [0.05, 0.1) is 0 Å². The van der Waals surface area contributed by atoms with Gasteiger partial charge in [0.15, 0.2) is 0 Å². The van der Waals surface area contributed by atoms with Gasteiger partial charge in [-0.25, -0.2) is 0 Å². The lowest BCUT2D eigenvalue weighted by molar-refractivity contribution is 0.516. The molecule has 2 aromatic carbocycles. The number of hydrogen-bond acceptors (Lipinski definition) is 2. The molecule has 0 amide bonds. The van der Waals surface area contributed by atoms with Crippen LogP contribution in [0.25, 0.3) is 0 Å². The Morgan fingerprint density at radius 3 is 2.60 bits per heavy atom. The summed E-state index contributed by atoms with van der Waals surface area (Å²) in [5, 5.41) is 4.41. The third-order valence-corrected chi connectivity index (χ3v) is 5.23. The van der Waals surface area contributed by atoms with Crippen molar-refractivity contribution in [2.75, 3.05) is 6.54 Å². The Morgan fingerprint density at radius 2 is 1.85 bits per heavy atom. The summed E-state index contributed by atoms with van der Waals surface area (Å²) in [6.07, 6.45) is 2.33. The van der Waals surface area contributed by atoms with E-state index in [4.69, 9.17) is 0 Å². The zero-order valence-corrected chi connectivity index (χ0v) is 12.7. The highest BCUT2D eigenvalue weighted by Crippen LogP contribution is 2.36. The highest BCUT2D eigenvalue weighted by atomic mass is 32.2. The molecule has 1 aliphatic heterocycles. The zero-order valence-electron chi connectivity index (χ0n) is 11.9. The normalized spacial score (nSPS) is 18.8. The summed E-state index contributed by atoms with van der Waals surface area (Å²) in [4.78, 5) is 1.46. The first-order valence-corrected chi connectivity index (χ1v) is 8.27. The van der Waals surface area contributed by atoms with Crippen LogP contribution < -0.4 is 5.32 Å². The molecule has 0 fully saturated rings. The van der Waals surface area contributed by atoms with E-state index in [1.54, 1.807) is 0 Å². The molecule has 0 bridgehead atoms. The Balaban J connectivity index is 1.58. The average Bonchev–Trinajstić information content (AvgIpc) is 2.92. The lowest BCUT2D eigenvalue weighted by Crippen LogP contribution is -2.28. The molecule has 0 aliphatic carbocycles. The Labute approximate surface area is 125 Å². The van der Waals surface area contributed by atoms with Crippen LogP contribution >= 0.6 is 11.8 Å². The number of benzene rings is 2. The maximum Gasteiger partial charge on any atom is 0.0318 e. The predicted octanol–water partition coefficient (Wildman–Crippen LogP) is 4.44. The second-order valence-electron chi connectivity index (χ2n) is 5.33. The van der Waals surface area contributed by atoms with E-state index in [-0.39, 0.29) is 0 Å². The van der Waals surface area contributed by atoms with Crippen LogP contribution in [-0.2, 0) is 6.42 Å². The van der Waals surface area contributed by atoms with E-state index in [9.17, 15) is 0 Å². The summed E-state index contributed by atoms with van der Waals surface area (Å²) < 4.78 is 0. The van der Waals surface area contributed by atoms with Crippen molar-refractivity contribution in [2.24, 2.45) is 0 Å². The molecule has 0 saturated carbocycles. The van der Waals surface area contributed by atoms with Crippen LogP contribution in [0.15, 0.2) is 59.5 Å². The second-order valence-corrected chi connectivity index (χ2v) is 6.67. The van der Waals surface area contributed by atoms with E-state index in [1.807, 2.05) is 11.8 Å². The monoisotopic (exact) mass is 283 g/mol. The number of thioether (sulfide) groups is 1. The minimum Gasteiger partial charge on any atom is -0.309 e. The Bertz CT molecular complexity index is 527. The fourth-order valence-corrected chi connectivity index (χ4v) is 4.09. The van der Waals surface area contributed by atoms with E-state index in [0.29, 0.717) is 11.3 Å². The average molecular weight is 283 g/mol. The van der Waals surface area contributed by atoms with Crippen LogP contribution in [0.5, 0.6) is 0 Å². The molecular weight excluding hydrogens is 262 g/mol. The zero-order chi connectivity index (χ0) is 13.8. The molecule has 2 atom stereocenters. The topological polar surface area (TPSA) is 12.0 Å². The number of hydrogen-bond donors (Lipinski definition) is 1. The molecule has 0 spiro atoms. The fraction of sp³-hybridized carbons (Fsp3) is 0.333. The molecule has 0 aromatic heterocycles. The van der Waals surface area contributed by atoms with E-state index < -0.39 is 0 Å². The maximum absolute atomic E-state index is 3.74. The van der Waals surface area contributed by atoms with Gasteiger partial charge >= 0.3 is 0 Å². The summed E-state index contributed by atoms with van der Waals surface area (Å²) >= 11 is 2.02. The molecule has 2 aromatic rings. The third-order valence-electron chi connectivity index (χ3n) is 3.92. The summed E-state index contributed by atoms with van der Waals surface area (Å²) in [7, 11) is 0. The summed E-state index contributed by atoms with van der Waals surface area (Å²) in [6.45, 7) is 3.33. The third kappa shape index (κ3) is 3.08. The quantitative estimate of drug-likeness (QED) is 0.870. The van der Waals surface area contributed by atoms with Gasteiger partial charge < -0.3 is 5.32 Å². The molecule has 3 rings (SSSR count). The molecule has 2 heteroatoms. The lowest BCUT2D eigenvalue weighted by Gasteiger charge is -2.19. The molecular formula is C18H21NS. The van der Waals surface area contributed by atoms with Gasteiger partial charge in [0.1, 0.15) is 0 Å². The maximum atomic E-state index is 3.74. The minimum atomic E-state index is 0.473. The van der Waals surface area contributed by atoms with Gasteiger partial charge in [-0.2, -0.15) is 0 Å². The van der Waals surface area contributed by atoms with Crippen molar-refractivity contribution < 1.29 is 0 Å². The van der Waals surface area contributed by atoms with Crippen LogP contribution in [0, 0.1) is 0 Å². The van der Waals surface area contributed by atoms with Gasteiger partial charge in [-0.05, 0) is 30.0 Å². The van der Waals surface area contributed by atoms with Gasteiger partial charge in [-0.15, -0.1) is 11.8 Å². The first kappa shape index (κ1) is 13.7. The summed E-state index contributed by atoms with van der Waals surface area (Å²) in [5.41, 5.74) is 2.91. The molecule has 1 aliphatic rings. The Morgan fingerprint density at radius 1 is 1.10 bits per heavy atom. The predicted molar refractivity (Wildman–Crippen MR) is 87.3 cm³/mol.